The van der Waals surface area contributed by atoms with Crippen LogP contribution in [0.15, 0.2) is 18.2 Å². The van der Waals surface area contributed by atoms with E-state index in [0.717, 1.165) is 29.8 Å². The fraction of sp³-hybridized carbons (Fsp3) is 0.375. The minimum atomic E-state index is 0.656. The molecule has 0 spiro atoms. The van der Waals surface area contributed by atoms with Crippen LogP contribution < -0.4 is 4.90 Å². The lowest BCUT2D eigenvalue weighted by Crippen LogP contribution is -2.24. The molecule has 0 aliphatic carbocycles. The third kappa shape index (κ3) is 2.39. The maximum atomic E-state index is 9.35. The van der Waals surface area contributed by atoms with Crippen molar-refractivity contribution < 1.29 is 0 Å². The van der Waals surface area contributed by atoms with E-state index in [1.165, 1.54) is 11.1 Å². The number of nitrogens with zero attached hydrogens (tertiary/aromatic N) is 3. The Morgan fingerprint density at radius 1 is 1.16 bits per heavy atom. The summed E-state index contributed by atoms with van der Waals surface area (Å²) in [5, 5.41) is 10.4. The summed E-state index contributed by atoms with van der Waals surface area (Å²) in [7, 11) is 0. The highest BCUT2D eigenvalue weighted by Gasteiger charge is 2.13. The monoisotopic (exact) mass is 253 g/mol. The molecule has 0 bridgehead atoms. The number of nitriles is 1. The predicted octanol–water partition coefficient (Wildman–Crippen LogP) is 3.57. The normalized spacial score (nSPS) is 10.5. The van der Waals surface area contributed by atoms with Crippen molar-refractivity contribution in [2.45, 2.75) is 27.7 Å². The van der Waals surface area contributed by atoms with Crippen LogP contribution in [0.2, 0.25) is 0 Å². The van der Waals surface area contributed by atoms with Crippen LogP contribution in [-0.4, -0.2) is 18.1 Å². The Bertz CT molecular complexity index is 649. The van der Waals surface area contributed by atoms with E-state index in [4.69, 9.17) is 4.98 Å². The molecule has 3 heteroatoms. The van der Waals surface area contributed by atoms with E-state index in [1.54, 1.807) is 0 Å². The van der Waals surface area contributed by atoms with E-state index in [2.05, 4.69) is 50.8 Å². The summed E-state index contributed by atoms with van der Waals surface area (Å²) in [6.07, 6.45) is 0. The smallest absolute Gasteiger partial charge is 0.147 e. The number of hydrogen-bond donors (Lipinski definition) is 0. The summed E-state index contributed by atoms with van der Waals surface area (Å²) in [4.78, 5) is 6.83. The first-order valence-electron chi connectivity index (χ1n) is 6.67. The van der Waals surface area contributed by atoms with Crippen molar-refractivity contribution in [1.82, 2.24) is 4.98 Å². The molecule has 98 valence electrons. The third-order valence-corrected chi connectivity index (χ3v) is 3.45. The summed E-state index contributed by atoms with van der Waals surface area (Å²) in [5.74, 6) is 0.796. The van der Waals surface area contributed by atoms with Gasteiger partial charge in [0.2, 0.25) is 0 Å². The van der Waals surface area contributed by atoms with Gasteiger partial charge in [0.05, 0.1) is 11.1 Å². The summed E-state index contributed by atoms with van der Waals surface area (Å²) < 4.78 is 0. The second-order valence-corrected chi connectivity index (χ2v) is 4.79. The van der Waals surface area contributed by atoms with Gasteiger partial charge in [-0.3, -0.25) is 0 Å². The van der Waals surface area contributed by atoms with Crippen LogP contribution in [0, 0.1) is 25.2 Å². The van der Waals surface area contributed by atoms with Gasteiger partial charge >= 0.3 is 0 Å². The summed E-state index contributed by atoms with van der Waals surface area (Å²) >= 11 is 0. The first-order valence-corrected chi connectivity index (χ1v) is 6.67. The number of aromatic nitrogens is 1. The van der Waals surface area contributed by atoms with Crippen LogP contribution >= 0.6 is 0 Å². The lowest BCUT2D eigenvalue weighted by molar-refractivity contribution is 0.847. The van der Waals surface area contributed by atoms with Gasteiger partial charge in [-0.25, -0.2) is 4.98 Å². The molecule has 0 aliphatic heterocycles. The van der Waals surface area contributed by atoms with Crippen molar-refractivity contribution in [3.05, 3.63) is 34.9 Å². The van der Waals surface area contributed by atoms with Crippen molar-refractivity contribution in [3.63, 3.8) is 0 Å². The highest BCUT2D eigenvalue weighted by Crippen LogP contribution is 2.26. The first kappa shape index (κ1) is 13.4. The molecule has 0 N–H and O–H groups in total. The molecule has 0 unspecified atom stereocenters. The Morgan fingerprint density at radius 2 is 1.84 bits per heavy atom. The highest BCUT2D eigenvalue weighted by molar-refractivity contribution is 5.86. The number of anilines is 1. The number of hydrogen-bond acceptors (Lipinski definition) is 3. The third-order valence-electron chi connectivity index (χ3n) is 3.45. The molecule has 0 atom stereocenters. The number of pyridine rings is 1. The Labute approximate surface area is 114 Å². The number of rotatable bonds is 3. The van der Waals surface area contributed by atoms with E-state index >= 15 is 0 Å². The van der Waals surface area contributed by atoms with Crippen molar-refractivity contribution >= 4 is 16.7 Å². The molecule has 2 rings (SSSR count). The van der Waals surface area contributed by atoms with Crippen LogP contribution in [0.1, 0.15) is 30.5 Å². The quantitative estimate of drug-likeness (QED) is 0.839. The zero-order valence-electron chi connectivity index (χ0n) is 12.0. The van der Waals surface area contributed by atoms with Crippen LogP contribution in [-0.2, 0) is 0 Å². The van der Waals surface area contributed by atoms with Gasteiger partial charge in [0.1, 0.15) is 11.9 Å². The number of aryl methyl sites for hydroxylation is 2. The van der Waals surface area contributed by atoms with Gasteiger partial charge in [0.25, 0.3) is 0 Å². The summed E-state index contributed by atoms with van der Waals surface area (Å²) in [6, 6.07) is 8.44. The molecule has 3 nitrogen and oxygen atoms in total. The van der Waals surface area contributed by atoms with Crippen LogP contribution in [0.25, 0.3) is 10.9 Å². The van der Waals surface area contributed by atoms with Gasteiger partial charge in [0.15, 0.2) is 0 Å². The second-order valence-electron chi connectivity index (χ2n) is 4.79. The lowest BCUT2D eigenvalue weighted by atomic mass is 10.0. The number of fused-ring (bicyclic) bond motifs is 1. The van der Waals surface area contributed by atoms with Gasteiger partial charge < -0.3 is 4.90 Å². The minimum Gasteiger partial charge on any atom is -0.356 e. The van der Waals surface area contributed by atoms with Crippen LogP contribution in [0.3, 0.4) is 0 Å². The fourth-order valence-corrected chi connectivity index (χ4v) is 2.47. The molecular weight excluding hydrogens is 234 g/mol. The molecule has 19 heavy (non-hydrogen) atoms. The predicted molar refractivity (Wildman–Crippen MR) is 79.5 cm³/mol. The Kier molecular flexibility index (Phi) is 3.71. The molecule has 0 fully saturated rings. The Morgan fingerprint density at radius 3 is 2.42 bits per heavy atom. The molecule has 0 amide bonds. The Balaban J connectivity index is 2.75. The van der Waals surface area contributed by atoms with E-state index < -0.39 is 0 Å². The topological polar surface area (TPSA) is 39.9 Å². The van der Waals surface area contributed by atoms with Gasteiger partial charge in [0, 0.05) is 18.5 Å². The highest BCUT2D eigenvalue weighted by atomic mass is 15.2. The van der Waals surface area contributed by atoms with E-state index in [1.807, 2.05) is 6.07 Å². The maximum Gasteiger partial charge on any atom is 0.147 e. The van der Waals surface area contributed by atoms with Gasteiger partial charge in [-0.05, 0) is 51.0 Å². The van der Waals surface area contributed by atoms with Crippen molar-refractivity contribution in [1.29, 1.82) is 5.26 Å². The molecule has 0 radical (unpaired) electrons. The van der Waals surface area contributed by atoms with E-state index in [0.29, 0.717) is 5.56 Å². The first-order chi connectivity index (χ1) is 9.10. The molecular formula is C16H19N3. The maximum absolute atomic E-state index is 9.35. The molecule has 1 aromatic carbocycles. The molecule has 0 saturated heterocycles. The van der Waals surface area contributed by atoms with Crippen LogP contribution in [0.4, 0.5) is 5.82 Å². The number of benzene rings is 1. The van der Waals surface area contributed by atoms with Gasteiger partial charge in [-0.2, -0.15) is 5.26 Å². The largest absolute Gasteiger partial charge is 0.356 e. The zero-order valence-corrected chi connectivity index (χ0v) is 12.0. The zero-order chi connectivity index (χ0) is 14.0. The van der Waals surface area contributed by atoms with Gasteiger partial charge in [-0.15, -0.1) is 0 Å². The average Bonchev–Trinajstić information content (AvgIpc) is 2.39. The Hall–Kier alpha value is -2.08. The molecule has 1 heterocycles. The standard InChI is InChI=1S/C16H19N3/c1-5-19(6-2)16-13(10-17)9-14-12(4)7-11(3)8-15(14)18-16/h7-9H,5-6H2,1-4H3. The molecule has 0 aliphatic rings. The fourth-order valence-electron chi connectivity index (χ4n) is 2.47. The lowest BCUT2D eigenvalue weighted by Gasteiger charge is -2.21. The van der Waals surface area contributed by atoms with Crippen molar-refractivity contribution in [2.24, 2.45) is 0 Å². The van der Waals surface area contributed by atoms with Gasteiger partial charge in [-0.1, -0.05) is 6.07 Å². The molecule has 2 aromatic rings. The van der Waals surface area contributed by atoms with Crippen molar-refractivity contribution in [3.8, 4) is 6.07 Å². The SMILES string of the molecule is CCN(CC)c1nc2cc(C)cc(C)c2cc1C#N. The minimum absolute atomic E-state index is 0.656. The molecule has 1 aromatic heterocycles. The average molecular weight is 253 g/mol. The van der Waals surface area contributed by atoms with Crippen LogP contribution in [0.5, 0.6) is 0 Å². The second kappa shape index (κ2) is 5.27. The van der Waals surface area contributed by atoms with E-state index in [9.17, 15) is 5.26 Å². The summed E-state index contributed by atoms with van der Waals surface area (Å²) in [5.41, 5.74) is 4.00. The van der Waals surface area contributed by atoms with Crippen molar-refractivity contribution in [2.75, 3.05) is 18.0 Å². The molecule has 0 saturated carbocycles. The summed E-state index contributed by atoms with van der Waals surface area (Å²) in [6.45, 7) is 10.0. The van der Waals surface area contributed by atoms with E-state index in [-0.39, 0.29) is 0 Å².